The number of aromatic amines is 1. The van der Waals surface area contributed by atoms with E-state index in [1.807, 2.05) is 13.0 Å². The number of H-pyrrole nitrogens is 1. The van der Waals surface area contributed by atoms with Crippen molar-refractivity contribution in [2.24, 2.45) is 0 Å². The minimum absolute atomic E-state index is 0.101. The molecular formula is C23H20N2O5S. The maximum Gasteiger partial charge on any atom is 0.269 e. The van der Waals surface area contributed by atoms with Crippen LogP contribution in [0.3, 0.4) is 0 Å². The van der Waals surface area contributed by atoms with Crippen LogP contribution < -0.4 is 4.74 Å². The van der Waals surface area contributed by atoms with Gasteiger partial charge in [0.2, 0.25) is 0 Å². The van der Waals surface area contributed by atoms with Gasteiger partial charge in [0.1, 0.15) is 11.0 Å². The van der Waals surface area contributed by atoms with Gasteiger partial charge in [-0.1, -0.05) is 29.8 Å². The maximum absolute atomic E-state index is 13.8. The van der Waals surface area contributed by atoms with Gasteiger partial charge in [0.05, 0.1) is 16.9 Å². The molecule has 0 aliphatic heterocycles. The molecule has 0 amide bonds. The monoisotopic (exact) mass is 436 g/mol. The summed E-state index contributed by atoms with van der Waals surface area (Å²) >= 11 is 0. The summed E-state index contributed by atoms with van der Waals surface area (Å²) < 4.78 is 32.9. The van der Waals surface area contributed by atoms with E-state index in [9.17, 15) is 18.5 Å². The quantitative estimate of drug-likeness (QED) is 0.340. The first kappa shape index (κ1) is 20.6. The van der Waals surface area contributed by atoms with Crippen LogP contribution in [0.4, 0.5) is 5.69 Å². The van der Waals surface area contributed by atoms with Crippen molar-refractivity contribution in [2.75, 3.05) is 7.11 Å². The molecule has 31 heavy (non-hydrogen) atoms. The van der Waals surface area contributed by atoms with E-state index in [4.69, 9.17) is 4.74 Å². The third-order valence-corrected chi connectivity index (χ3v) is 7.35. The molecule has 4 rings (SSSR count). The molecule has 0 radical (unpaired) electrons. The fourth-order valence-electron chi connectivity index (χ4n) is 3.63. The molecule has 7 nitrogen and oxygen atoms in total. The van der Waals surface area contributed by atoms with Crippen molar-refractivity contribution in [2.45, 2.75) is 17.1 Å². The van der Waals surface area contributed by atoms with Crippen molar-refractivity contribution < 1.29 is 18.1 Å². The Morgan fingerprint density at radius 3 is 2.29 bits per heavy atom. The van der Waals surface area contributed by atoms with Crippen molar-refractivity contribution in [3.05, 3.63) is 99.7 Å². The second kappa shape index (κ2) is 7.88. The van der Waals surface area contributed by atoms with E-state index >= 15 is 0 Å². The zero-order chi connectivity index (χ0) is 22.2. The third-order valence-electron chi connectivity index (χ3n) is 5.27. The number of non-ortho nitro benzene ring substituents is 1. The minimum Gasteiger partial charge on any atom is -0.497 e. The van der Waals surface area contributed by atoms with Gasteiger partial charge in [0.15, 0.2) is 9.84 Å². The lowest BCUT2D eigenvalue weighted by atomic mass is 10.0. The second-order valence-electron chi connectivity index (χ2n) is 7.24. The van der Waals surface area contributed by atoms with Crippen molar-refractivity contribution in [3.8, 4) is 5.75 Å². The summed E-state index contributed by atoms with van der Waals surface area (Å²) in [5, 5.41) is 10.7. The lowest BCUT2D eigenvalue weighted by molar-refractivity contribution is -0.384. The van der Waals surface area contributed by atoms with Gasteiger partial charge in [0.25, 0.3) is 5.69 Å². The minimum atomic E-state index is -3.87. The summed E-state index contributed by atoms with van der Waals surface area (Å²) in [4.78, 5) is 13.9. The molecule has 0 fully saturated rings. The zero-order valence-electron chi connectivity index (χ0n) is 16.9. The number of ether oxygens (including phenoxy) is 1. The molecule has 0 spiro atoms. The Morgan fingerprint density at radius 2 is 1.68 bits per heavy atom. The molecule has 1 atom stereocenters. The fourth-order valence-corrected chi connectivity index (χ4v) is 5.46. The van der Waals surface area contributed by atoms with Crippen LogP contribution in [0.2, 0.25) is 0 Å². The SMILES string of the molecule is COc1ccc2[nH]cc(C(c3ccc([N+](=O)[O-])cc3)S(=O)(=O)c3ccc(C)cc3)c2c1. The molecule has 0 bridgehead atoms. The Morgan fingerprint density at radius 1 is 1.00 bits per heavy atom. The number of aryl methyl sites for hydroxylation is 1. The Balaban J connectivity index is 1.95. The molecule has 158 valence electrons. The maximum atomic E-state index is 13.8. The number of nitrogens with zero attached hydrogens (tertiary/aromatic N) is 1. The number of nitro benzene ring substituents is 1. The standard InChI is InChI=1S/C23H20N2O5S/c1-15-3-10-19(11-4-15)31(28,29)23(16-5-7-17(8-6-16)25(26)27)21-14-24-22-12-9-18(30-2)13-20(21)22/h3-14,23-24H,1-2H3. The topological polar surface area (TPSA) is 102 Å². The number of rotatable bonds is 6. The summed E-state index contributed by atoms with van der Waals surface area (Å²) in [6, 6.07) is 17.7. The van der Waals surface area contributed by atoms with Gasteiger partial charge >= 0.3 is 0 Å². The van der Waals surface area contributed by atoms with E-state index in [-0.39, 0.29) is 10.6 Å². The highest BCUT2D eigenvalue weighted by Crippen LogP contribution is 2.40. The van der Waals surface area contributed by atoms with Gasteiger partial charge in [0, 0.05) is 34.8 Å². The van der Waals surface area contributed by atoms with Crippen LogP contribution in [0.5, 0.6) is 5.75 Å². The molecule has 0 aliphatic rings. The van der Waals surface area contributed by atoms with Crippen molar-refractivity contribution in [1.82, 2.24) is 4.98 Å². The predicted octanol–water partition coefficient (Wildman–Crippen LogP) is 4.96. The zero-order valence-corrected chi connectivity index (χ0v) is 17.7. The Hall–Kier alpha value is -3.65. The largest absolute Gasteiger partial charge is 0.497 e. The van der Waals surface area contributed by atoms with Crippen LogP contribution in [0.15, 0.2) is 77.8 Å². The number of sulfone groups is 1. The van der Waals surface area contributed by atoms with Gasteiger partial charge < -0.3 is 9.72 Å². The first-order chi connectivity index (χ1) is 14.8. The smallest absolute Gasteiger partial charge is 0.269 e. The molecule has 4 aromatic rings. The second-order valence-corrected chi connectivity index (χ2v) is 9.28. The number of nitrogens with one attached hydrogen (secondary N) is 1. The molecule has 8 heteroatoms. The van der Waals surface area contributed by atoms with E-state index < -0.39 is 20.0 Å². The summed E-state index contributed by atoms with van der Waals surface area (Å²) in [5.74, 6) is 0.600. The van der Waals surface area contributed by atoms with Crippen LogP contribution in [0, 0.1) is 17.0 Å². The van der Waals surface area contributed by atoms with Crippen LogP contribution in [0.25, 0.3) is 10.9 Å². The molecule has 0 aliphatic carbocycles. The molecule has 1 aromatic heterocycles. The van der Waals surface area contributed by atoms with Gasteiger partial charge in [-0.05, 0) is 42.8 Å². The Bertz CT molecular complexity index is 1360. The van der Waals surface area contributed by atoms with Gasteiger partial charge in [-0.2, -0.15) is 0 Å². The number of hydrogen-bond donors (Lipinski definition) is 1. The number of benzene rings is 3. The molecule has 1 heterocycles. The summed E-state index contributed by atoms with van der Waals surface area (Å²) in [5.41, 5.74) is 2.60. The number of aromatic nitrogens is 1. The third kappa shape index (κ3) is 3.77. The van der Waals surface area contributed by atoms with E-state index in [2.05, 4.69) is 4.98 Å². The summed E-state index contributed by atoms with van der Waals surface area (Å²) in [7, 11) is -2.32. The summed E-state index contributed by atoms with van der Waals surface area (Å²) in [6.45, 7) is 1.89. The summed E-state index contributed by atoms with van der Waals surface area (Å²) in [6.07, 6.45) is 1.67. The molecule has 1 unspecified atom stereocenters. The van der Waals surface area contributed by atoms with Crippen LogP contribution in [0.1, 0.15) is 21.9 Å². The number of fused-ring (bicyclic) bond motifs is 1. The van der Waals surface area contributed by atoms with E-state index in [0.29, 0.717) is 22.3 Å². The van der Waals surface area contributed by atoms with Gasteiger partial charge in [-0.3, -0.25) is 10.1 Å². The van der Waals surface area contributed by atoms with Gasteiger partial charge in [-0.15, -0.1) is 0 Å². The van der Waals surface area contributed by atoms with Crippen LogP contribution in [-0.2, 0) is 9.84 Å². The molecule has 0 saturated heterocycles. The van der Waals surface area contributed by atoms with E-state index in [0.717, 1.165) is 11.1 Å². The predicted molar refractivity (Wildman–Crippen MR) is 118 cm³/mol. The average Bonchev–Trinajstić information content (AvgIpc) is 3.17. The van der Waals surface area contributed by atoms with Crippen molar-refractivity contribution in [3.63, 3.8) is 0 Å². The lowest BCUT2D eigenvalue weighted by Gasteiger charge is -2.18. The first-order valence-electron chi connectivity index (χ1n) is 9.51. The van der Waals surface area contributed by atoms with E-state index in [1.54, 1.807) is 49.7 Å². The normalized spacial score (nSPS) is 12.6. The highest BCUT2D eigenvalue weighted by molar-refractivity contribution is 7.92. The van der Waals surface area contributed by atoms with Gasteiger partial charge in [-0.25, -0.2) is 8.42 Å². The van der Waals surface area contributed by atoms with Crippen molar-refractivity contribution in [1.29, 1.82) is 0 Å². The molecule has 1 N–H and O–H groups in total. The first-order valence-corrected chi connectivity index (χ1v) is 11.1. The lowest BCUT2D eigenvalue weighted by Crippen LogP contribution is -2.15. The Kier molecular flexibility index (Phi) is 5.24. The molecule has 3 aromatic carbocycles. The van der Waals surface area contributed by atoms with Crippen molar-refractivity contribution >= 4 is 26.4 Å². The number of hydrogen-bond acceptors (Lipinski definition) is 5. The fraction of sp³-hybridized carbons (Fsp3) is 0.130. The highest BCUT2D eigenvalue weighted by Gasteiger charge is 2.33. The van der Waals surface area contributed by atoms with Crippen LogP contribution in [-0.4, -0.2) is 25.4 Å². The average molecular weight is 436 g/mol. The highest BCUT2D eigenvalue weighted by atomic mass is 32.2. The number of methoxy groups -OCH3 is 1. The molecular weight excluding hydrogens is 416 g/mol. The molecule has 0 saturated carbocycles. The number of nitro groups is 1. The van der Waals surface area contributed by atoms with Crippen LogP contribution >= 0.6 is 0 Å². The van der Waals surface area contributed by atoms with E-state index in [1.165, 1.54) is 24.3 Å². The Labute approximate surface area is 179 Å².